The van der Waals surface area contributed by atoms with Crippen LogP contribution in [0.5, 0.6) is 5.75 Å². The second-order valence-corrected chi connectivity index (χ2v) is 4.93. The highest BCUT2D eigenvalue weighted by molar-refractivity contribution is 7.89. The van der Waals surface area contributed by atoms with Crippen molar-refractivity contribution in [2.75, 3.05) is 0 Å². The number of primary sulfonamides is 1. The lowest BCUT2D eigenvalue weighted by atomic mass is 10.3. The van der Waals surface area contributed by atoms with Gasteiger partial charge in [-0.05, 0) is 30.7 Å². The summed E-state index contributed by atoms with van der Waals surface area (Å²) in [6, 6.07) is 5.26. The Balaban J connectivity index is 2.85. The van der Waals surface area contributed by atoms with Crippen LogP contribution in [0.3, 0.4) is 0 Å². The number of hydrogen-bond acceptors (Lipinski definition) is 4. The number of sulfonamides is 1. The normalized spacial score (nSPS) is 13.1. The number of benzene rings is 1. The van der Waals surface area contributed by atoms with Crippen molar-refractivity contribution >= 4 is 16.0 Å². The van der Waals surface area contributed by atoms with E-state index in [4.69, 9.17) is 15.0 Å². The van der Waals surface area contributed by atoms with E-state index in [1.54, 1.807) is 6.92 Å². The van der Waals surface area contributed by atoms with Gasteiger partial charge >= 0.3 is 5.97 Å². The van der Waals surface area contributed by atoms with Gasteiger partial charge < -0.3 is 9.84 Å². The number of carboxylic acid groups (broad SMARTS) is 1. The van der Waals surface area contributed by atoms with Crippen LogP contribution in [0, 0.1) is 0 Å². The molecule has 17 heavy (non-hydrogen) atoms. The van der Waals surface area contributed by atoms with Gasteiger partial charge in [0, 0.05) is 0 Å². The summed E-state index contributed by atoms with van der Waals surface area (Å²) in [6.45, 7) is 1.68. The van der Waals surface area contributed by atoms with E-state index >= 15 is 0 Å². The van der Waals surface area contributed by atoms with E-state index in [-0.39, 0.29) is 10.6 Å². The average molecular weight is 259 g/mol. The Labute approximate surface area is 99.1 Å². The van der Waals surface area contributed by atoms with Crippen LogP contribution in [0.4, 0.5) is 0 Å². The van der Waals surface area contributed by atoms with Crippen molar-refractivity contribution in [3.8, 4) is 5.75 Å². The highest BCUT2D eigenvalue weighted by Crippen LogP contribution is 2.17. The van der Waals surface area contributed by atoms with Crippen LogP contribution in [-0.4, -0.2) is 25.6 Å². The number of aliphatic carboxylic acids is 1. The molecule has 1 atom stereocenters. The number of rotatable bonds is 5. The lowest BCUT2D eigenvalue weighted by Gasteiger charge is -2.13. The van der Waals surface area contributed by atoms with E-state index in [2.05, 4.69) is 0 Å². The van der Waals surface area contributed by atoms with E-state index in [1.807, 2.05) is 0 Å². The third-order valence-corrected chi connectivity index (χ3v) is 3.01. The van der Waals surface area contributed by atoms with Crippen molar-refractivity contribution < 1.29 is 23.1 Å². The molecule has 1 rings (SSSR count). The molecule has 1 aromatic carbocycles. The van der Waals surface area contributed by atoms with Crippen LogP contribution in [0.25, 0.3) is 0 Å². The summed E-state index contributed by atoms with van der Waals surface area (Å²) < 4.78 is 27.1. The molecule has 0 aliphatic carbocycles. The Morgan fingerprint density at radius 3 is 2.29 bits per heavy atom. The third kappa shape index (κ3) is 3.72. The fourth-order valence-electron chi connectivity index (χ4n) is 1.18. The molecular weight excluding hydrogens is 246 g/mol. The number of carboxylic acids is 1. The summed E-state index contributed by atoms with van der Waals surface area (Å²) in [5, 5.41) is 13.7. The summed E-state index contributed by atoms with van der Waals surface area (Å²) >= 11 is 0. The van der Waals surface area contributed by atoms with Gasteiger partial charge in [0.15, 0.2) is 6.10 Å². The Morgan fingerprint density at radius 1 is 1.41 bits per heavy atom. The van der Waals surface area contributed by atoms with Crippen LogP contribution >= 0.6 is 0 Å². The topological polar surface area (TPSA) is 107 Å². The first kappa shape index (κ1) is 13.5. The van der Waals surface area contributed by atoms with Gasteiger partial charge in [0.05, 0.1) is 4.90 Å². The van der Waals surface area contributed by atoms with Crippen molar-refractivity contribution in [2.24, 2.45) is 5.14 Å². The zero-order valence-corrected chi connectivity index (χ0v) is 9.98. The first-order valence-corrected chi connectivity index (χ1v) is 6.41. The Bertz CT molecular complexity index is 494. The van der Waals surface area contributed by atoms with Crippen molar-refractivity contribution in [3.63, 3.8) is 0 Å². The highest BCUT2D eigenvalue weighted by atomic mass is 32.2. The van der Waals surface area contributed by atoms with Crippen molar-refractivity contribution in [2.45, 2.75) is 24.3 Å². The fraction of sp³-hybridized carbons (Fsp3) is 0.300. The molecule has 0 saturated carbocycles. The summed E-state index contributed by atoms with van der Waals surface area (Å²) in [7, 11) is -3.74. The molecule has 7 heteroatoms. The second-order valence-electron chi connectivity index (χ2n) is 3.37. The molecule has 0 saturated heterocycles. The van der Waals surface area contributed by atoms with E-state index < -0.39 is 22.1 Å². The summed E-state index contributed by atoms with van der Waals surface area (Å²) in [4.78, 5) is 10.7. The van der Waals surface area contributed by atoms with E-state index in [0.29, 0.717) is 6.42 Å². The molecule has 0 aliphatic heterocycles. The van der Waals surface area contributed by atoms with Crippen LogP contribution in [0.1, 0.15) is 13.3 Å². The SMILES string of the molecule is CCC(Oc1ccc(S(N)(=O)=O)cc1)C(=O)O. The Kier molecular flexibility index (Phi) is 4.08. The lowest BCUT2D eigenvalue weighted by Crippen LogP contribution is -2.25. The Morgan fingerprint density at radius 2 is 1.94 bits per heavy atom. The Hall–Kier alpha value is -1.60. The molecule has 0 heterocycles. The number of carbonyl (C=O) groups is 1. The second kappa shape index (κ2) is 5.15. The minimum atomic E-state index is -3.74. The molecule has 0 bridgehead atoms. The number of ether oxygens (including phenoxy) is 1. The molecule has 0 fully saturated rings. The monoisotopic (exact) mass is 259 g/mol. The number of hydrogen-bond donors (Lipinski definition) is 2. The molecule has 1 unspecified atom stereocenters. The van der Waals surface area contributed by atoms with E-state index in [9.17, 15) is 13.2 Å². The molecule has 1 aromatic rings. The summed E-state index contributed by atoms with van der Waals surface area (Å²) in [6.07, 6.45) is -0.637. The van der Waals surface area contributed by atoms with Gasteiger partial charge in [-0.25, -0.2) is 18.4 Å². The molecule has 0 aliphatic rings. The molecule has 0 aromatic heterocycles. The zero-order valence-electron chi connectivity index (χ0n) is 9.16. The predicted molar refractivity (Wildman–Crippen MR) is 60.2 cm³/mol. The van der Waals surface area contributed by atoms with Gasteiger partial charge in [-0.15, -0.1) is 0 Å². The van der Waals surface area contributed by atoms with Gasteiger partial charge in [-0.3, -0.25) is 0 Å². The third-order valence-electron chi connectivity index (χ3n) is 2.08. The molecule has 0 spiro atoms. The smallest absolute Gasteiger partial charge is 0.344 e. The summed E-state index contributed by atoms with van der Waals surface area (Å²) in [5.41, 5.74) is 0. The van der Waals surface area contributed by atoms with Crippen LogP contribution in [-0.2, 0) is 14.8 Å². The van der Waals surface area contributed by atoms with Crippen molar-refractivity contribution in [1.29, 1.82) is 0 Å². The predicted octanol–water partition coefficient (Wildman–Crippen LogP) is 0.576. The number of nitrogens with two attached hydrogens (primary N) is 1. The summed E-state index contributed by atoms with van der Waals surface area (Å²) in [5.74, 6) is -0.783. The first-order chi connectivity index (χ1) is 7.84. The maximum absolute atomic E-state index is 11.0. The fourth-order valence-corrected chi connectivity index (χ4v) is 1.70. The molecule has 0 amide bonds. The minimum absolute atomic E-state index is 0.0479. The van der Waals surface area contributed by atoms with Gasteiger partial charge in [0.25, 0.3) is 0 Å². The van der Waals surface area contributed by atoms with E-state index in [0.717, 1.165) is 0 Å². The van der Waals surface area contributed by atoms with Crippen molar-refractivity contribution in [3.05, 3.63) is 24.3 Å². The van der Waals surface area contributed by atoms with Gasteiger partial charge in [0.2, 0.25) is 10.0 Å². The van der Waals surface area contributed by atoms with Gasteiger partial charge in [-0.1, -0.05) is 6.92 Å². The molecule has 0 radical (unpaired) electrons. The van der Waals surface area contributed by atoms with Gasteiger partial charge in [-0.2, -0.15) is 0 Å². The average Bonchev–Trinajstić information content (AvgIpc) is 2.25. The maximum atomic E-state index is 11.0. The van der Waals surface area contributed by atoms with E-state index in [1.165, 1.54) is 24.3 Å². The van der Waals surface area contributed by atoms with Crippen molar-refractivity contribution in [1.82, 2.24) is 0 Å². The minimum Gasteiger partial charge on any atom is -0.479 e. The standard InChI is InChI=1S/C10H13NO5S/c1-2-9(10(12)13)16-7-3-5-8(6-4-7)17(11,14)15/h3-6,9H,2H2,1H3,(H,12,13)(H2,11,14,15). The van der Waals surface area contributed by atoms with Crippen LogP contribution < -0.4 is 9.88 Å². The molecule has 3 N–H and O–H groups in total. The largest absolute Gasteiger partial charge is 0.479 e. The van der Waals surface area contributed by atoms with Crippen LogP contribution in [0.2, 0.25) is 0 Å². The quantitative estimate of drug-likeness (QED) is 0.804. The first-order valence-electron chi connectivity index (χ1n) is 4.87. The maximum Gasteiger partial charge on any atom is 0.344 e. The van der Waals surface area contributed by atoms with Gasteiger partial charge in [0.1, 0.15) is 5.75 Å². The molecular formula is C10H13NO5S. The molecule has 94 valence electrons. The molecule has 6 nitrogen and oxygen atoms in total. The zero-order chi connectivity index (χ0) is 13.1. The van der Waals surface area contributed by atoms with Crippen LogP contribution in [0.15, 0.2) is 29.2 Å². The lowest BCUT2D eigenvalue weighted by molar-refractivity contribution is -0.145. The highest BCUT2D eigenvalue weighted by Gasteiger charge is 2.17.